The monoisotopic (exact) mass is 257 g/mol. The Morgan fingerprint density at radius 3 is 2.69 bits per heavy atom. The van der Waals surface area contributed by atoms with Gasteiger partial charge in [0.25, 0.3) is 0 Å². The standard InChI is InChI=1S/C13H20ClNS/c1-3-10(2)16-9-12(15)8-11-6-4-5-7-13(11)14/h4-7,10,12H,3,8-9,15H2,1-2H3. The molecule has 2 N–H and O–H groups in total. The largest absolute Gasteiger partial charge is 0.327 e. The molecule has 16 heavy (non-hydrogen) atoms. The van der Waals surface area contributed by atoms with E-state index in [0.29, 0.717) is 5.25 Å². The first kappa shape index (κ1) is 13.9. The molecule has 0 saturated carbocycles. The minimum absolute atomic E-state index is 0.193. The van der Waals surface area contributed by atoms with E-state index in [4.69, 9.17) is 17.3 Å². The highest BCUT2D eigenvalue weighted by atomic mass is 35.5. The van der Waals surface area contributed by atoms with Gasteiger partial charge in [-0.3, -0.25) is 0 Å². The summed E-state index contributed by atoms with van der Waals surface area (Å²) in [4.78, 5) is 0. The van der Waals surface area contributed by atoms with Crippen LogP contribution in [0.5, 0.6) is 0 Å². The quantitative estimate of drug-likeness (QED) is 0.840. The van der Waals surface area contributed by atoms with E-state index in [9.17, 15) is 0 Å². The van der Waals surface area contributed by atoms with Crippen LogP contribution in [-0.2, 0) is 6.42 Å². The zero-order chi connectivity index (χ0) is 12.0. The first-order valence-corrected chi connectivity index (χ1v) is 7.16. The molecule has 0 heterocycles. The number of thioether (sulfide) groups is 1. The van der Waals surface area contributed by atoms with Gasteiger partial charge in [0.05, 0.1) is 0 Å². The molecule has 3 heteroatoms. The van der Waals surface area contributed by atoms with Crippen LogP contribution in [0.3, 0.4) is 0 Å². The van der Waals surface area contributed by atoms with Crippen molar-refractivity contribution in [1.29, 1.82) is 0 Å². The Morgan fingerprint density at radius 2 is 2.06 bits per heavy atom. The van der Waals surface area contributed by atoms with Crippen molar-refractivity contribution in [3.63, 3.8) is 0 Å². The Hall–Kier alpha value is -0.180. The molecule has 1 aromatic rings. The summed E-state index contributed by atoms with van der Waals surface area (Å²) >= 11 is 8.04. The minimum Gasteiger partial charge on any atom is -0.327 e. The third-order valence-electron chi connectivity index (χ3n) is 2.61. The first-order valence-electron chi connectivity index (χ1n) is 5.74. The first-order chi connectivity index (χ1) is 7.63. The van der Waals surface area contributed by atoms with Gasteiger partial charge in [-0.25, -0.2) is 0 Å². The SMILES string of the molecule is CCC(C)SCC(N)Cc1ccccc1Cl. The predicted octanol–water partition coefficient (Wildman–Crippen LogP) is 3.74. The number of hydrogen-bond donors (Lipinski definition) is 1. The van der Waals surface area contributed by atoms with Crippen LogP contribution in [0.15, 0.2) is 24.3 Å². The second-order valence-corrected chi connectivity index (χ2v) is 5.99. The molecule has 1 rings (SSSR count). The fraction of sp³-hybridized carbons (Fsp3) is 0.538. The summed E-state index contributed by atoms with van der Waals surface area (Å²) in [5, 5.41) is 1.52. The fourth-order valence-electron chi connectivity index (χ4n) is 1.41. The van der Waals surface area contributed by atoms with Gasteiger partial charge < -0.3 is 5.73 Å². The molecule has 0 aromatic heterocycles. The van der Waals surface area contributed by atoms with E-state index in [1.807, 2.05) is 30.0 Å². The number of halogens is 1. The van der Waals surface area contributed by atoms with Crippen molar-refractivity contribution in [2.24, 2.45) is 5.73 Å². The third kappa shape index (κ3) is 4.77. The second kappa shape index (κ2) is 7.21. The van der Waals surface area contributed by atoms with E-state index < -0.39 is 0 Å². The molecule has 0 aliphatic carbocycles. The Kier molecular flexibility index (Phi) is 6.25. The van der Waals surface area contributed by atoms with Gasteiger partial charge in [0.1, 0.15) is 0 Å². The van der Waals surface area contributed by atoms with Crippen molar-refractivity contribution in [3.05, 3.63) is 34.9 Å². The summed E-state index contributed by atoms with van der Waals surface area (Å²) in [6, 6.07) is 8.13. The summed E-state index contributed by atoms with van der Waals surface area (Å²) < 4.78 is 0. The lowest BCUT2D eigenvalue weighted by atomic mass is 10.1. The van der Waals surface area contributed by atoms with Gasteiger partial charge in [-0.2, -0.15) is 11.8 Å². The molecule has 0 radical (unpaired) electrons. The van der Waals surface area contributed by atoms with Crippen molar-refractivity contribution < 1.29 is 0 Å². The maximum Gasteiger partial charge on any atom is 0.0438 e. The molecule has 0 aliphatic heterocycles. The Bertz CT molecular complexity index is 317. The van der Waals surface area contributed by atoms with E-state index in [0.717, 1.165) is 22.8 Å². The smallest absolute Gasteiger partial charge is 0.0438 e. The molecule has 0 bridgehead atoms. The van der Waals surface area contributed by atoms with Crippen LogP contribution in [0.1, 0.15) is 25.8 Å². The predicted molar refractivity (Wildman–Crippen MR) is 75.3 cm³/mol. The van der Waals surface area contributed by atoms with Crippen molar-refractivity contribution in [2.75, 3.05) is 5.75 Å². The lowest BCUT2D eigenvalue weighted by Crippen LogP contribution is -2.26. The molecule has 0 amide bonds. The maximum absolute atomic E-state index is 6.10. The molecular formula is C13H20ClNS. The number of benzene rings is 1. The van der Waals surface area contributed by atoms with E-state index in [1.165, 1.54) is 6.42 Å². The Balaban J connectivity index is 2.40. The zero-order valence-corrected chi connectivity index (χ0v) is 11.5. The van der Waals surface area contributed by atoms with E-state index in [-0.39, 0.29) is 6.04 Å². The second-order valence-electron chi connectivity index (χ2n) is 4.11. The summed E-state index contributed by atoms with van der Waals surface area (Å²) in [5.41, 5.74) is 7.25. The molecular weight excluding hydrogens is 238 g/mol. The van der Waals surface area contributed by atoms with Crippen LogP contribution in [0.4, 0.5) is 0 Å². The number of rotatable bonds is 6. The Labute approximate surface area is 108 Å². The molecule has 0 saturated heterocycles. The highest BCUT2D eigenvalue weighted by Gasteiger charge is 2.08. The lowest BCUT2D eigenvalue weighted by Gasteiger charge is -2.15. The highest BCUT2D eigenvalue weighted by Crippen LogP contribution is 2.19. The van der Waals surface area contributed by atoms with E-state index in [2.05, 4.69) is 19.9 Å². The normalized spacial score (nSPS) is 14.8. The van der Waals surface area contributed by atoms with Gasteiger partial charge in [0.2, 0.25) is 0 Å². The summed E-state index contributed by atoms with van der Waals surface area (Å²) in [5.74, 6) is 1.00. The van der Waals surface area contributed by atoms with E-state index >= 15 is 0 Å². The van der Waals surface area contributed by atoms with Crippen molar-refractivity contribution >= 4 is 23.4 Å². The van der Waals surface area contributed by atoms with Crippen LogP contribution in [0, 0.1) is 0 Å². The summed E-state index contributed by atoms with van der Waals surface area (Å²) in [7, 11) is 0. The molecule has 90 valence electrons. The van der Waals surface area contributed by atoms with Gasteiger partial charge in [-0.15, -0.1) is 0 Å². The third-order valence-corrected chi connectivity index (χ3v) is 4.50. The maximum atomic E-state index is 6.10. The minimum atomic E-state index is 0.193. The van der Waals surface area contributed by atoms with Crippen LogP contribution >= 0.6 is 23.4 Å². The highest BCUT2D eigenvalue weighted by molar-refractivity contribution is 7.99. The summed E-state index contributed by atoms with van der Waals surface area (Å²) in [6.07, 6.45) is 2.06. The molecule has 2 atom stereocenters. The zero-order valence-electron chi connectivity index (χ0n) is 9.95. The molecule has 1 aromatic carbocycles. The number of nitrogens with two attached hydrogens (primary N) is 1. The van der Waals surface area contributed by atoms with Crippen LogP contribution in [0.2, 0.25) is 5.02 Å². The lowest BCUT2D eigenvalue weighted by molar-refractivity contribution is 0.745. The molecule has 2 unspecified atom stereocenters. The van der Waals surface area contributed by atoms with Crippen molar-refractivity contribution in [3.8, 4) is 0 Å². The average molecular weight is 258 g/mol. The Morgan fingerprint density at radius 1 is 1.38 bits per heavy atom. The van der Waals surface area contributed by atoms with Crippen LogP contribution < -0.4 is 5.73 Å². The van der Waals surface area contributed by atoms with Gasteiger partial charge in [-0.05, 0) is 24.5 Å². The molecule has 0 aliphatic rings. The van der Waals surface area contributed by atoms with Gasteiger partial charge >= 0.3 is 0 Å². The molecule has 1 nitrogen and oxygen atoms in total. The van der Waals surface area contributed by atoms with Crippen LogP contribution in [-0.4, -0.2) is 17.0 Å². The topological polar surface area (TPSA) is 26.0 Å². The number of hydrogen-bond acceptors (Lipinski definition) is 2. The molecule has 0 fully saturated rings. The van der Waals surface area contributed by atoms with Crippen molar-refractivity contribution in [2.45, 2.75) is 38.0 Å². The van der Waals surface area contributed by atoms with Gasteiger partial charge in [0, 0.05) is 22.1 Å². The van der Waals surface area contributed by atoms with E-state index in [1.54, 1.807) is 0 Å². The molecule has 0 spiro atoms. The van der Waals surface area contributed by atoms with Gasteiger partial charge in [0.15, 0.2) is 0 Å². The fourth-order valence-corrected chi connectivity index (χ4v) is 2.55. The van der Waals surface area contributed by atoms with Crippen molar-refractivity contribution in [1.82, 2.24) is 0 Å². The summed E-state index contributed by atoms with van der Waals surface area (Å²) in [6.45, 7) is 4.45. The average Bonchev–Trinajstić information content (AvgIpc) is 2.29. The van der Waals surface area contributed by atoms with Gasteiger partial charge in [-0.1, -0.05) is 43.6 Å². The van der Waals surface area contributed by atoms with Crippen LogP contribution in [0.25, 0.3) is 0 Å².